The highest BCUT2D eigenvalue weighted by Gasteiger charge is 2.30. The molecule has 0 aliphatic heterocycles. The van der Waals surface area contributed by atoms with Crippen LogP contribution in [0.3, 0.4) is 0 Å². The predicted octanol–water partition coefficient (Wildman–Crippen LogP) is 3.19. The van der Waals surface area contributed by atoms with Crippen molar-refractivity contribution in [2.75, 3.05) is 13.2 Å². The molecule has 0 unspecified atom stereocenters. The second-order valence-electron chi connectivity index (χ2n) is 12.9. The number of carbonyl (C=O) groups excluding carboxylic acids is 6. The van der Waals surface area contributed by atoms with E-state index in [1.807, 2.05) is 13.8 Å². The lowest BCUT2D eigenvalue weighted by molar-refractivity contribution is -0.148. The first-order chi connectivity index (χ1) is 24.9. The molecule has 0 saturated carbocycles. The fourth-order valence-corrected chi connectivity index (χ4v) is 4.90. The standard InChI is InChI=1S/C36H50N8O8/c1-7-9-14-51-35(49)25(21(3)4)43-33(47)29-27(39-19-41-29)31(45)37-17-23-12-11-13-24(16-23)18-38-32(46)28-30(42-20-40-28)34(48)44-26(22(5)6)36(50)52-15-10-8-2/h11-13,16,19-22,25-26H,7-10,14-15,17-18H2,1-6H3,(H,37,45)(H,38,46)(H,39,41)(H,40,42)(H,43,47)(H,44,48)/t25-,26-/m0/s1. The number of nitrogens with one attached hydrogen (secondary N) is 6. The maximum absolute atomic E-state index is 13.1. The summed E-state index contributed by atoms with van der Waals surface area (Å²) in [5.41, 5.74) is 0.921. The first-order valence-electron chi connectivity index (χ1n) is 17.5. The van der Waals surface area contributed by atoms with Gasteiger partial charge in [-0.15, -0.1) is 0 Å². The quantitative estimate of drug-likeness (QED) is 0.0738. The van der Waals surface area contributed by atoms with Crippen molar-refractivity contribution in [1.29, 1.82) is 0 Å². The Morgan fingerprint density at radius 1 is 0.654 bits per heavy atom. The summed E-state index contributed by atoms with van der Waals surface area (Å²) in [6.07, 6.45) is 5.56. The number of esters is 2. The molecule has 0 fully saturated rings. The topological polar surface area (TPSA) is 226 Å². The monoisotopic (exact) mass is 722 g/mol. The van der Waals surface area contributed by atoms with E-state index in [-0.39, 0.29) is 60.9 Å². The van der Waals surface area contributed by atoms with Crippen LogP contribution in [0.2, 0.25) is 0 Å². The highest BCUT2D eigenvalue weighted by Crippen LogP contribution is 2.12. The first-order valence-corrected chi connectivity index (χ1v) is 17.5. The van der Waals surface area contributed by atoms with E-state index < -0.39 is 47.7 Å². The minimum Gasteiger partial charge on any atom is -0.464 e. The molecule has 52 heavy (non-hydrogen) atoms. The summed E-state index contributed by atoms with van der Waals surface area (Å²) in [4.78, 5) is 90.8. The van der Waals surface area contributed by atoms with Crippen LogP contribution in [-0.2, 0) is 32.2 Å². The van der Waals surface area contributed by atoms with Gasteiger partial charge in [0.25, 0.3) is 23.6 Å². The molecular formula is C36H50N8O8. The highest BCUT2D eigenvalue weighted by molar-refractivity contribution is 6.06. The van der Waals surface area contributed by atoms with Crippen LogP contribution in [0.4, 0.5) is 0 Å². The molecule has 0 spiro atoms. The molecular weight excluding hydrogens is 672 g/mol. The number of rotatable bonds is 20. The summed E-state index contributed by atoms with van der Waals surface area (Å²) >= 11 is 0. The van der Waals surface area contributed by atoms with E-state index in [2.05, 4.69) is 41.2 Å². The summed E-state index contributed by atoms with van der Waals surface area (Å²) in [5.74, 6) is -4.21. The van der Waals surface area contributed by atoms with Crippen LogP contribution in [0, 0.1) is 11.8 Å². The van der Waals surface area contributed by atoms with Crippen LogP contribution in [-0.4, -0.2) is 80.8 Å². The van der Waals surface area contributed by atoms with E-state index in [0.29, 0.717) is 24.0 Å². The Labute approximate surface area is 303 Å². The molecule has 0 aliphatic carbocycles. The highest BCUT2D eigenvalue weighted by atomic mass is 16.5. The lowest BCUT2D eigenvalue weighted by Crippen LogP contribution is -2.46. The Morgan fingerprint density at radius 2 is 1.06 bits per heavy atom. The molecule has 2 atom stereocenters. The fourth-order valence-electron chi connectivity index (χ4n) is 4.90. The Bertz CT molecular complexity index is 1560. The van der Waals surface area contributed by atoms with E-state index >= 15 is 0 Å². The second kappa shape index (κ2) is 20.3. The summed E-state index contributed by atoms with van der Waals surface area (Å²) in [6, 6.07) is 5.25. The van der Waals surface area contributed by atoms with E-state index in [0.717, 1.165) is 12.8 Å². The minimum absolute atomic E-state index is 0.0738. The van der Waals surface area contributed by atoms with Crippen molar-refractivity contribution >= 4 is 35.6 Å². The zero-order chi connectivity index (χ0) is 38.2. The molecule has 0 saturated heterocycles. The number of amides is 4. The van der Waals surface area contributed by atoms with Gasteiger partial charge in [0.1, 0.15) is 23.5 Å². The third-order valence-corrected chi connectivity index (χ3v) is 7.96. The molecule has 2 heterocycles. The van der Waals surface area contributed by atoms with E-state index in [9.17, 15) is 28.8 Å². The Hall–Kier alpha value is -5.54. The van der Waals surface area contributed by atoms with Gasteiger partial charge in [-0.1, -0.05) is 78.6 Å². The van der Waals surface area contributed by atoms with Crippen LogP contribution in [0.25, 0.3) is 0 Å². The summed E-state index contributed by atoms with van der Waals surface area (Å²) in [7, 11) is 0. The number of hydrogen-bond donors (Lipinski definition) is 6. The molecule has 2 aromatic heterocycles. The first kappa shape index (κ1) is 40.9. The summed E-state index contributed by atoms with van der Waals surface area (Å²) in [5, 5.41) is 10.8. The molecule has 1 aromatic carbocycles. The molecule has 3 rings (SSSR count). The molecule has 0 radical (unpaired) electrons. The fraction of sp³-hybridized carbons (Fsp3) is 0.500. The van der Waals surface area contributed by atoms with Gasteiger partial charge in [-0.05, 0) is 35.8 Å². The van der Waals surface area contributed by atoms with Gasteiger partial charge in [0.2, 0.25) is 0 Å². The number of benzene rings is 1. The van der Waals surface area contributed by atoms with Crippen LogP contribution in [0.15, 0.2) is 36.9 Å². The smallest absolute Gasteiger partial charge is 0.328 e. The largest absolute Gasteiger partial charge is 0.464 e. The maximum Gasteiger partial charge on any atom is 0.328 e. The van der Waals surface area contributed by atoms with E-state index in [1.54, 1.807) is 52.0 Å². The number of carbonyl (C=O) groups is 6. The third kappa shape index (κ3) is 11.8. The van der Waals surface area contributed by atoms with Crippen molar-refractivity contribution in [2.24, 2.45) is 11.8 Å². The van der Waals surface area contributed by atoms with Crippen LogP contribution in [0.5, 0.6) is 0 Å². The normalized spacial score (nSPS) is 12.2. The molecule has 4 amide bonds. The van der Waals surface area contributed by atoms with Gasteiger partial charge >= 0.3 is 11.9 Å². The lowest BCUT2D eigenvalue weighted by Gasteiger charge is -2.20. The van der Waals surface area contributed by atoms with Gasteiger partial charge in [-0.2, -0.15) is 0 Å². The molecule has 16 nitrogen and oxygen atoms in total. The molecule has 0 bridgehead atoms. The van der Waals surface area contributed by atoms with Gasteiger partial charge in [0.15, 0.2) is 11.4 Å². The van der Waals surface area contributed by atoms with Crippen molar-refractivity contribution in [3.63, 3.8) is 0 Å². The van der Waals surface area contributed by atoms with Gasteiger partial charge in [0.05, 0.1) is 25.9 Å². The number of aromatic amines is 2. The van der Waals surface area contributed by atoms with Crippen molar-refractivity contribution in [3.8, 4) is 0 Å². The van der Waals surface area contributed by atoms with Crippen LogP contribution in [0.1, 0.15) is 120 Å². The Balaban J connectivity index is 1.58. The number of nitrogens with zero attached hydrogens (tertiary/aromatic N) is 2. The zero-order valence-electron chi connectivity index (χ0n) is 30.6. The van der Waals surface area contributed by atoms with Gasteiger partial charge in [0, 0.05) is 13.1 Å². The molecule has 16 heteroatoms. The van der Waals surface area contributed by atoms with Gasteiger partial charge in [-0.25, -0.2) is 19.6 Å². The van der Waals surface area contributed by atoms with E-state index in [4.69, 9.17) is 9.47 Å². The average molecular weight is 723 g/mol. The zero-order valence-corrected chi connectivity index (χ0v) is 30.6. The number of H-pyrrole nitrogens is 2. The van der Waals surface area contributed by atoms with Crippen LogP contribution < -0.4 is 21.3 Å². The van der Waals surface area contributed by atoms with E-state index in [1.165, 1.54) is 12.7 Å². The third-order valence-electron chi connectivity index (χ3n) is 7.96. The second-order valence-corrected chi connectivity index (χ2v) is 12.9. The predicted molar refractivity (Wildman–Crippen MR) is 190 cm³/mol. The average Bonchev–Trinajstić information content (AvgIpc) is 3.82. The molecule has 3 aromatic rings. The molecule has 0 aliphatic rings. The van der Waals surface area contributed by atoms with Crippen molar-refractivity contribution in [2.45, 2.75) is 92.4 Å². The number of imidazole rings is 2. The maximum atomic E-state index is 13.1. The number of hydrogen-bond acceptors (Lipinski definition) is 10. The lowest BCUT2D eigenvalue weighted by atomic mass is 10.0. The Morgan fingerprint density at radius 3 is 1.42 bits per heavy atom. The van der Waals surface area contributed by atoms with Crippen molar-refractivity contribution < 1.29 is 38.2 Å². The summed E-state index contributed by atoms with van der Waals surface area (Å²) in [6.45, 7) is 11.7. The minimum atomic E-state index is -0.916. The van der Waals surface area contributed by atoms with Gasteiger partial charge in [-0.3, -0.25) is 19.2 Å². The summed E-state index contributed by atoms with van der Waals surface area (Å²) < 4.78 is 10.6. The number of ether oxygens (including phenoxy) is 2. The molecule has 282 valence electrons. The van der Waals surface area contributed by atoms with Crippen molar-refractivity contribution in [1.82, 2.24) is 41.2 Å². The molecule has 6 N–H and O–H groups in total. The number of unbranched alkanes of at least 4 members (excludes halogenated alkanes) is 2. The van der Waals surface area contributed by atoms with Crippen LogP contribution >= 0.6 is 0 Å². The van der Waals surface area contributed by atoms with Crippen molar-refractivity contribution in [3.05, 3.63) is 70.8 Å². The Kier molecular flexibility index (Phi) is 16.0. The van der Waals surface area contributed by atoms with Gasteiger partial charge < -0.3 is 40.7 Å². The SMILES string of the molecule is CCCCOC(=O)[C@@H](NC(=O)c1nc[nH]c1C(=O)NCc1cccc(CNC(=O)c2[nH]cnc2C(=O)N[C@H](C(=O)OCCCC)C(C)C)c1)C(C)C. The number of aromatic nitrogens is 4.